The van der Waals surface area contributed by atoms with Gasteiger partial charge in [-0.25, -0.2) is 9.07 Å². The smallest absolute Gasteiger partial charge is 0.252 e. The van der Waals surface area contributed by atoms with E-state index < -0.39 is 0 Å². The maximum atomic E-state index is 13.6. The summed E-state index contributed by atoms with van der Waals surface area (Å²) in [6.45, 7) is 13.2. The molecule has 184 valence electrons. The number of hydrogen-bond acceptors (Lipinski definition) is 5. The van der Waals surface area contributed by atoms with Gasteiger partial charge >= 0.3 is 0 Å². The van der Waals surface area contributed by atoms with Crippen LogP contribution in [0.3, 0.4) is 0 Å². The highest BCUT2D eigenvalue weighted by Gasteiger charge is 2.29. The van der Waals surface area contributed by atoms with Gasteiger partial charge in [-0.15, -0.1) is 5.10 Å². The topological polar surface area (TPSA) is 79.7 Å². The molecular formula is C27H33FN6O. The Labute approximate surface area is 205 Å². The van der Waals surface area contributed by atoms with Crippen LogP contribution in [0.4, 0.5) is 4.39 Å². The molecule has 2 aromatic heterocycles. The molecule has 0 bridgehead atoms. The first kappa shape index (κ1) is 24.7. The number of hydrogen-bond donors (Lipinski definition) is 1. The number of pyridine rings is 1. The predicted molar refractivity (Wildman–Crippen MR) is 136 cm³/mol. The van der Waals surface area contributed by atoms with E-state index in [4.69, 9.17) is 0 Å². The molecule has 1 atom stereocenters. The summed E-state index contributed by atoms with van der Waals surface area (Å²) >= 11 is 0. The van der Waals surface area contributed by atoms with E-state index in [1.807, 2.05) is 30.7 Å². The van der Waals surface area contributed by atoms with Crippen LogP contribution in [0, 0.1) is 19.7 Å². The van der Waals surface area contributed by atoms with Gasteiger partial charge in [0.05, 0.1) is 17.1 Å². The molecular weight excluding hydrogens is 443 g/mol. The average molecular weight is 477 g/mol. The van der Waals surface area contributed by atoms with Crippen molar-refractivity contribution in [3.63, 3.8) is 0 Å². The van der Waals surface area contributed by atoms with Gasteiger partial charge in [-0.1, -0.05) is 31.2 Å². The Morgan fingerprint density at radius 1 is 1.06 bits per heavy atom. The van der Waals surface area contributed by atoms with Crippen molar-refractivity contribution in [1.29, 1.82) is 0 Å². The summed E-state index contributed by atoms with van der Waals surface area (Å²) in [5, 5.41) is 13.6. The molecule has 0 fully saturated rings. The molecule has 1 unspecified atom stereocenters. The maximum Gasteiger partial charge on any atom is 0.252 e. The van der Waals surface area contributed by atoms with E-state index >= 15 is 0 Å². The zero-order chi connectivity index (χ0) is 25.3. The molecule has 0 radical (unpaired) electrons. The zero-order valence-corrected chi connectivity index (χ0v) is 21.3. The summed E-state index contributed by atoms with van der Waals surface area (Å²) in [5.41, 5.74) is 4.21. The Morgan fingerprint density at radius 3 is 2.40 bits per heavy atom. The molecule has 7 nitrogen and oxygen atoms in total. The Kier molecular flexibility index (Phi) is 6.85. The molecule has 4 aromatic rings. The summed E-state index contributed by atoms with van der Waals surface area (Å²) in [6, 6.07) is 12.4. The third-order valence-corrected chi connectivity index (χ3v) is 6.45. The lowest BCUT2D eigenvalue weighted by Crippen LogP contribution is -2.35. The van der Waals surface area contributed by atoms with Crippen LogP contribution in [0.15, 0.2) is 47.3 Å². The van der Waals surface area contributed by atoms with Crippen molar-refractivity contribution in [3.05, 3.63) is 86.7 Å². The number of aromatic nitrogens is 5. The van der Waals surface area contributed by atoms with Crippen molar-refractivity contribution >= 4 is 10.9 Å². The number of nitrogens with one attached hydrogen (secondary N) is 1. The molecule has 0 aliphatic heterocycles. The highest BCUT2D eigenvalue weighted by Crippen LogP contribution is 2.29. The largest absolute Gasteiger partial charge is 0.321 e. The van der Waals surface area contributed by atoms with Gasteiger partial charge in [-0.05, 0) is 86.4 Å². The van der Waals surface area contributed by atoms with E-state index in [0.29, 0.717) is 18.7 Å². The third-order valence-electron chi connectivity index (χ3n) is 6.45. The van der Waals surface area contributed by atoms with Gasteiger partial charge in [0.2, 0.25) is 0 Å². The highest BCUT2D eigenvalue weighted by molar-refractivity contribution is 5.85. The summed E-state index contributed by atoms with van der Waals surface area (Å²) < 4.78 is 15.4. The molecule has 0 amide bonds. The van der Waals surface area contributed by atoms with E-state index in [2.05, 4.69) is 59.2 Å². The average Bonchev–Trinajstić information content (AvgIpc) is 3.29. The second kappa shape index (κ2) is 9.70. The van der Waals surface area contributed by atoms with Crippen molar-refractivity contribution in [1.82, 2.24) is 30.1 Å². The van der Waals surface area contributed by atoms with Gasteiger partial charge in [0.15, 0.2) is 5.82 Å². The minimum absolute atomic E-state index is 0.111. The molecule has 0 saturated heterocycles. The van der Waals surface area contributed by atoms with Crippen LogP contribution in [0.1, 0.15) is 68.2 Å². The lowest BCUT2D eigenvalue weighted by Gasteiger charge is -2.32. The molecule has 1 N–H and O–H groups in total. The molecule has 0 saturated carbocycles. The minimum Gasteiger partial charge on any atom is -0.321 e. The van der Waals surface area contributed by atoms with Gasteiger partial charge in [0, 0.05) is 24.0 Å². The fraction of sp³-hybridized carbons (Fsp3) is 0.407. The van der Waals surface area contributed by atoms with Crippen molar-refractivity contribution < 1.29 is 4.39 Å². The van der Waals surface area contributed by atoms with Crippen molar-refractivity contribution in [2.24, 2.45) is 0 Å². The predicted octanol–water partition coefficient (Wildman–Crippen LogP) is 5.18. The van der Waals surface area contributed by atoms with Gasteiger partial charge in [0.1, 0.15) is 5.82 Å². The number of tetrazole rings is 1. The normalized spacial score (nSPS) is 13.0. The number of aryl methyl sites for hydroxylation is 2. The molecule has 0 spiro atoms. The first-order valence-corrected chi connectivity index (χ1v) is 12.0. The van der Waals surface area contributed by atoms with Crippen LogP contribution in [0.5, 0.6) is 0 Å². The Bertz CT molecular complexity index is 1380. The second-order valence-corrected chi connectivity index (χ2v) is 10.2. The number of aromatic amines is 1. The van der Waals surface area contributed by atoms with Gasteiger partial charge in [-0.2, -0.15) is 0 Å². The summed E-state index contributed by atoms with van der Waals surface area (Å²) in [6.07, 6.45) is 0.737. The number of H-pyrrole nitrogens is 1. The highest BCUT2D eigenvalue weighted by atomic mass is 19.1. The fourth-order valence-electron chi connectivity index (χ4n) is 4.54. The monoisotopic (exact) mass is 476 g/mol. The SMILES string of the molecule is CCC(c1nnnn1C(C)(C)C)N(Cc1ccc(F)cc1)Cc1cc2c(C)ccc(C)c2[nH]c1=O. The van der Waals surface area contributed by atoms with Crippen molar-refractivity contribution in [2.75, 3.05) is 0 Å². The second-order valence-electron chi connectivity index (χ2n) is 10.2. The first-order chi connectivity index (χ1) is 16.6. The van der Waals surface area contributed by atoms with E-state index in [1.165, 1.54) is 12.1 Å². The van der Waals surface area contributed by atoms with Crippen LogP contribution < -0.4 is 5.56 Å². The lowest BCUT2D eigenvalue weighted by molar-refractivity contribution is 0.153. The quantitative estimate of drug-likeness (QED) is 0.398. The third kappa shape index (κ3) is 5.17. The van der Waals surface area contributed by atoms with E-state index in [0.717, 1.165) is 39.8 Å². The van der Waals surface area contributed by atoms with E-state index in [9.17, 15) is 9.18 Å². The van der Waals surface area contributed by atoms with Crippen LogP contribution in [-0.4, -0.2) is 30.1 Å². The number of benzene rings is 2. The van der Waals surface area contributed by atoms with Crippen LogP contribution in [0.25, 0.3) is 10.9 Å². The lowest BCUT2D eigenvalue weighted by atomic mass is 10.0. The maximum absolute atomic E-state index is 13.6. The van der Waals surface area contributed by atoms with Crippen molar-refractivity contribution in [2.45, 2.75) is 72.6 Å². The number of fused-ring (bicyclic) bond motifs is 1. The van der Waals surface area contributed by atoms with E-state index in [-0.39, 0.29) is 23.0 Å². The molecule has 2 heterocycles. The standard InChI is InChI=1S/C27H33FN6O/c1-7-23(25-30-31-32-34(25)27(4,5)6)33(15-19-10-12-21(28)13-11-19)16-20-14-22-17(2)8-9-18(3)24(22)29-26(20)35/h8-14,23H,7,15-16H2,1-6H3,(H,29,35). The molecule has 8 heteroatoms. The molecule has 2 aromatic carbocycles. The Morgan fingerprint density at radius 2 is 1.74 bits per heavy atom. The zero-order valence-electron chi connectivity index (χ0n) is 21.3. The molecule has 0 aliphatic rings. The van der Waals surface area contributed by atoms with E-state index in [1.54, 1.807) is 12.1 Å². The fourth-order valence-corrected chi connectivity index (χ4v) is 4.54. The molecule has 0 aliphatic carbocycles. The minimum atomic E-state index is -0.303. The molecule has 35 heavy (non-hydrogen) atoms. The number of halogens is 1. The summed E-state index contributed by atoms with van der Waals surface area (Å²) in [7, 11) is 0. The number of rotatable bonds is 7. The van der Waals surface area contributed by atoms with Crippen LogP contribution in [-0.2, 0) is 18.6 Å². The van der Waals surface area contributed by atoms with Crippen LogP contribution in [0.2, 0.25) is 0 Å². The number of nitrogens with zero attached hydrogens (tertiary/aromatic N) is 5. The Hall–Kier alpha value is -3.39. The van der Waals surface area contributed by atoms with Gasteiger partial charge < -0.3 is 4.98 Å². The first-order valence-electron chi connectivity index (χ1n) is 12.0. The summed E-state index contributed by atoms with van der Waals surface area (Å²) in [5.74, 6) is 0.465. The van der Waals surface area contributed by atoms with Gasteiger partial charge in [0.25, 0.3) is 5.56 Å². The molecule has 4 rings (SSSR count). The van der Waals surface area contributed by atoms with Gasteiger partial charge in [-0.3, -0.25) is 9.69 Å². The summed E-state index contributed by atoms with van der Waals surface area (Å²) in [4.78, 5) is 18.5. The van der Waals surface area contributed by atoms with Crippen molar-refractivity contribution in [3.8, 4) is 0 Å². The Balaban J connectivity index is 1.80. The van der Waals surface area contributed by atoms with Crippen LogP contribution >= 0.6 is 0 Å².